The van der Waals surface area contributed by atoms with E-state index in [1.165, 1.54) is 19.3 Å². The summed E-state index contributed by atoms with van der Waals surface area (Å²) in [5, 5.41) is 10.0. The maximum absolute atomic E-state index is 10.0. The van der Waals surface area contributed by atoms with Crippen molar-refractivity contribution in [2.45, 2.75) is 25.4 Å². The number of hydrogen-bond donors (Lipinski definition) is 2. The molecule has 5 heteroatoms. The molecule has 3 N–H and O–H groups in total. The van der Waals surface area contributed by atoms with Gasteiger partial charge in [0, 0.05) is 18.7 Å². The molecule has 1 aromatic rings. The molecule has 0 amide bonds. The van der Waals surface area contributed by atoms with E-state index in [9.17, 15) is 5.11 Å². The van der Waals surface area contributed by atoms with Crippen molar-refractivity contribution >= 4 is 17.2 Å². The lowest BCUT2D eigenvalue weighted by atomic mass is 9.85. The van der Waals surface area contributed by atoms with E-state index < -0.39 is 6.10 Å². The Hall–Kier alpha value is -1.17. The van der Waals surface area contributed by atoms with E-state index in [4.69, 9.17) is 22.7 Å². The maximum Gasteiger partial charge on any atom is 0.119 e. The number of aliphatic hydroxyl groups excluding tert-OH is 1. The van der Waals surface area contributed by atoms with Crippen LogP contribution in [0.2, 0.25) is 0 Å². The molecule has 1 fully saturated rings. The van der Waals surface area contributed by atoms with E-state index in [1.807, 2.05) is 24.3 Å². The van der Waals surface area contributed by atoms with Crippen LogP contribution in [0.15, 0.2) is 24.3 Å². The molecule has 0 radical (unpaired) electrons. The van der Waals surface area contributed by atoms with Crippen molar-refractivity contribution in [3.63, 3.8) is 0 Å². The molecule has 21 heavy (non-hydrogen) atoms. The number of thiocarbonyl (C=S) groups is 1. The van der Waals surface area contributed by atoms with Crippen LogP contribution in [0.25, 0.3) is 0 Å². The van der Waals surface area contributed by atoms with Gasteiger partial charge < -0.3 is 20.5 Å². The van der Waals surface area contributed by atoms with Crippen molar-refractivity contribution in [2.75, 3.05) is 26.7 Å². The van der Waals surface area contributed by atoms with Gasteiger partial charge in [-0.05, 0) is 50.1 Å². The Kier molecular flexibility index (Phi) is 5.96. The minimum atomic E-state index is -0.481. The zero-order chi connectivity index (χ0) is 15.2. The zero-order valence-corrected chi connectivity index (χ0v) is 13.3. The van der Waals surface area contributed by atoms with Crippen molar-refractivity contribution in [1.29, 1.82) is 0 Å². The highest BCUT2D eigenvalue weighted by Gasteiger charge is 2.20. The Bertz CT molecular complexity index is 460. The SMILES string of the molecule is CN(CC(O)COc1ccc(C(N)=S)cc1)CC1CCC1. The smallest absolute Gasteiger partial charge is 0.119 e. The standard InChI is InChI=1S/C16H24N2O2S/c1-18(9-12-3-2-4-12)10-14(19)11-20-15-7-5-13(6-8-15)16(17)21/h5-8,12,14,19H,2-4,9-11H2,1H3,(H2,17,21). The molecule has 1 saturated carbocycles. The average molecular weight is 308 g/mol. The van der Waals surface area contributed by atoms with Gasteiger partial charge in [0.1, 0.15) is 23.4 Å². The molecule has 1 aliphatic carbocycles. The lowest BCUT2D eigenvalue weighted by Crippen LogP contribution is -2.37. The summed E-state index contributed by atoms with van der Waals surface area (Å²) in [6.45, 7) is 2.00. The van der Waals surface area contributed by atoms with Gasteiger partial charge in [-0.25, -0.2) is 0 Å². The lowest BCUT2D eigenvalue weighted by molar-refractivity contribution is 0.0665. The molecule has 4 nitrogen and oxygen atoms in total. The van der Waals surface area contributed by atoms with Gasteiger partial charge in [-0.1, -0.05) is 18.6 Å². The highest BCUT2D eigenvalue weighted by molar-refractivity contribution is 7.80. The van der Waals surface area contributed by atoms with Gasteiger partial charge >= 0.3 is 0 Å². The molecule has 1 atom stereocenters. The van der Waals surface area contributed by atoms with Crippen molar-refractivity contribution in [2.24, 2.45) is 11.7 Å². The first-order valence-corrected chi connectivity index (χ1v) is 7.84. The lowest BCUT2D eigenvalue weighted by Gasteiger charge is -2.31. The summed E-state index contributed by atoms with van der Waals surface area (Å²) >= 11 is 4.90. The fourth-order valence-electron chi connectivity index (χ4n) is 2.51. The zero-order valence-electron chi connectivity index (χ0n) is 12.5. The molecule has 2 rings (SSSR count). The number of benzene rings is 1. The molecule has 1 aliphatic rings. The van der Waals surface area contributed by atoms with Crippen LogP contribution in [0.4, 0.5) is 0 Å². The molecule has 0 bridgehead atoms. The minimum absolute atomic E-state index is 0.293. The minimum Gasteiger partial charge on any atom is -0.491 e. The fourth-order valence-corrected chi connectivity index (χ4v) is 2.65. The summed E-state index contributed by atoms with van der Waals surface area (Å²) in [6.07, 6.45) is 3.52. The molecule has 0 spiro atoms. The van der Waals surface area contributed by atoms with E-state index >= 15 is 0 Å². The molecule has 116 valence electrons. The third-order valence-corrected chi connectivity index (χ3v) is 4.13. The van der Waals surface area contributed by atoms with Crippen molar-refractivity contribution in [1.82, 2.24) is 4.90 Å². The number of nitrogens with two attached hydrogens (primary N) is 1. The fraction of sp³-hybridized carbons (Fsp3) is 0.562. The Morgan fingerprint density at radius 3 is 2.62 bits per heavy atom. The second-order valence-electron chi connectivity index (χ2n) is 5.87. The first-order chi connectivity index (χ1) is 10.0. The van der Waals surface area contributed by atoms with E-state index in [1.54, 1.807) is 0 Å². The summed E-state index contributed by atoms with van der Waals surface area (Å²) in [5.74, 6) is 1.53. The summed E-state index contributed by atoms with van der Waals surface area (Å²) in [4.78, 5) is 2.56. The first-order valence-electron chi connectivity index (χ1n) is 7.44. The summed E-state index contributed by atoms with van der Waals surface area (Å²) in [6, 6.07) is 7.29. The molecular formula is C16H24N2O2S. The first kappa shape index (κ1) is 16.2. The van der Waals surface area contributed by atoms with Crippen LogP contribution in [-0.2, 0) is 0 Å². The third kappa shape index (κ3) is 5.26. The number of ether oxygens (including phenoxy) is 1. The quantitative estimate of drug-likeness (QED) is 0.717. The molecule has 0 heterocycles. The number of nitrogens with zero attached hydrogens (tertiary/aromatic N) is 1. The van der Waals surface area contributed by atoms with Crippen LogP contribution in [0.5, 0.6) is 5.75 Å². The van der Waals surface area contributed by atoms with Gasteiger partial charge in [0.2, 0.25) is 0 Å². The van der Waals surface area contributed by atoms with Gasteiger partial charge in [0.15, 0.2) is 0 Å². The molecule has 0 aliphatic heterocycles. The van der Waals surface area contributed by atoms with Crippen molar-refractivity contribution in [3.05, 3.63) is 29.8 Å². The van der Waals surface area contributed by atoms with Crippen LogP contribution in [0, 0.1) is 5.92 Å². The Morgan fingerprint density at radius 1 is 1.43 bits per heavy atom. The van der Waals surface area contributed by atoms with Crippen molar-refractivity contribution in [3.8, 4) is 5.75 Å². The number of aliphatic hydroxyl groups is 1. The largest absolute Gasteiger partial charge is 0.491 e. The summed E-state index contributed by atoms with van der Waals surface area (Å²) in [5.41, 5.74) is 6.36. The monoisotopic (exact) mass is 308 g/mol. The van der Waals surface area contributed by atoms with Crippen LogP contribution in [-0.4, -0.2) is 47.8 Å². The van der Waals surface area contributed by atoms with Gasteiger partial charge in [0.25, 0.3) is 0 Å². The van der Waals surface area contributed by atoms with Crippen LogP contribution < -0.4 is 10.5 Å². The second-order valence-corrected chi connectivity index (χ2v) is 6.31. The summed E-state index contributed by atoms with van der Waals surface area (Å²) < 4.78 is 5.59. The molecule has 0 aromatic heterocycles. The van der Waals surface area contributed by atoms with E-state index in [0.717, 1.165) is 23.8 Å². The van der Waals surface area contributed by atoms with E-state index in [0.29, 0.717) is 18.1 Å². The topological polar surface area (TPSA) is 58.7 Å². The Balaban J connectivity index is 1.69. The third-order valence-electron chi connectivity index (χ3n) is 3.90. The average Bonchev–Trinajstić information content (AvgIpc) is 2.41. The van der Waals surface area contributed by atoms with Gasteiger partial charge in [-0.2, -0.15) is 0 Å². The van der Waals surface area contributed by atoms with Crippen LogP contribution in [0.1, 0.15) is 24.8 Å². The predicted octanol–water partition coefficient (Wildman–Crippen LogP) is 1.79. The summed E-state index contributed by atoms with van der Waals surface area (Å²) in [7, 11) is 2.05. The Morgan fingerprint density at radius 2 is 2.10 bits per heavy atom. The van der Waals surface area contributed by atoms with Crippen LogP contribution in [0.3, 0.4) is 0 Å². The normalized spacial score (nSPS) is 16.5. The number of hydrogen-bond acceptors (Lipinski definition) is 4. The Labute approximate surface area is 131 Å². The molecule has 0 saturated heterocycles. The second kappa shape index (κ2) is 7.73. The molecule has 1 aromatic carbocycles. The number of rotatable bonds is 8. The highest BCUT2D eigenvalue weighted by Crippen LogP contribution is 2.26. The highest BCUT2D eigenvalue weighted by atomic mass is 32.1. The van der Waals surface area contributed by atoms with Gasteiger partial charge in [0.05, 0.1) is 0 Å². The van der Waals surface area contributed by atoms with Gasteiger partial charge in [-0.15, -0.1) is 0 Å². The van der Waals surface area contributed by atoms with Crippen molar-refractivity contribution < 1.29 is 9.84 Å². The molecule has 1 unspecified atom stereocenters. The maximum atomic E-state index is 10.0. The van der Waals surface area contributed by atoms with Crippen LogP contribution >= 0.6 is 12.2 Å². The predicted molar refractivity (Wildman–Crippen MR) is 88.7 cm³/mol. The molecular weight excluding hydrogens is 284 g/mol. The number of likely N-dealkylation sites (N-methyl/N-ethyl adjacent to an activating group) is 1. The van der Waals surface area contributed by atoms with Gasteiger partial charge in [-0.3, -0.25) is 0 Å². The van der Waals surface area contributed by atoms with E-state index in [2.05, 4.69) is 11.9 Å². The van der Waals surface area contributed by atoms with E-state index in [-0.39, 0.29) is 0 Å².